The molecule has 2 aromatic carbocycles. The van der Waals surface area contributed by atoms with Crippen molar-refractivity contribution in [3.63, 3.8) is 0 Å². The molecule has 1 aliphatic heterocycles. The van der Waals surface area contributed by atoms with Gasteiger partial charge in [-0.2, -0.15) is 0 Å². The summed E-state index contributed by atoms with van der Waals surface area (Å²) in [7, 11) is -1.45. The van der Waals surface area contributed by atoms with Crippen LogP contribution in [0.4, 0.5) is 11.4 Å². The molecule has 1 saturated heterocycles. The number of hydrogen-bond acceptors (Lipinski definition) is 5. The molecule has 1 aliphatic rings. The lowest BCUT2D eigenvalue weighted by molar-refractivity contribution is 0.102. The molecule has 2 aromatic rings. The zero-order valence-electron chi connectivity index (χ0n) is 17.1. The molecule has 0 radical (unpaired) electrons. The van der Waals surface area contributed by atoms with Crippen LogP contribution in [0, 0.1) is 0 Å². The number of amides is 1. The van der Waals surface area contributed by atoms with Gasteiger partial charge in [0.15, 0.2) is 0 Å². The normalized spacial score (nSPS) is 15.5. The van der Waals surface area contributed by atoms with E-state index in [4.69, 9.17) is 0 Å². The van der Waals surface area contributed by atoms with Gasteiger partial charge in [0, 0.05) is 49.2 Å². The molecule has 0 aliphatic carbocycles. The van der Waals surface area contributed by atoms with E-state index in [9.17, 15) is 13.2 Å². The summed E-state index contributed by atoms with van der Waals surface area (Å²) < 4.78 is 26.9. The van der Waals surface area contributed by atoms with Gasteiger partial charge in [-0.25, -0.2) is 13.1 Å². The minimum absolute atomic E-state index is 0.138. The molecular weight excluding hydrogens is 388 g/mol. The van der Waals surface area contributed by atoms with Gasteiger partial charge in [-0.3, -0.25) is 4.79 Å². The van der Waals surface area contributed by atoms with Crippen LogP contribution < -0.4 is 14.9 Å². The fourth-order valence-corrected chi connectivity index (χ4v) is 4.44. The Bertz CT molecular complexity index is 933. The minimum Gasteiger partial charge on any atom is -0.369 e. The zero-order valence-corrected chi connectivity index (χ0v) is 17.9. The maximum absolute atomic E-state index is 12.5. The molecule has 0 aromatic heterocycles. The number of carbonyl (C=O) groups excluding carboxylic acids is 1. The Morgan fingerprint density at radius 1 is 0.931 bits per heavy atom. The van der Waals surface area contributed by atoms with Crippen molar-refractivity contribution in [1.29, 1.82) is 0 Å². The van der Waals surface area contributed by atoms with Crippen molar-refractivity contribution in [2.75, 3.05) is 43.4 Å². The van der Waals surface area contributed by atoms with Crippen LogP contribution in [0.25, 0.3) is 0 Å². The van der Waals surface area contributed by atoms with Gasteiger partial charge < -0.3 is 15.1 Å². The Balaban J connectivity index is 1.63. The first-order valence-corrected chi connectivity index (χ1v) is 11.2. The molecule has 0 bridgehead atoms. The van der Waals surface area contributed by atoms with Crippen molar-refractivity contribution in [2.24, 2.45) is 0 Å². The average Bonchev–Trinajstić information content (AvgIpc) is 2.68. The van der Waals surface area contributed by atoms with E-state index < -0.39 is 10.0 Å². The fraction of sp³-hybridized carbons (Fsp3) is 0.381. The van der Waals surface area contributed by atoms with Gasteiger partial charge in [0.05, 0.1) is 4.90 Å². The second kappa shape index (κ2) is 8.94. The second-order valence-corrected chi connectivity index (χ2v) is 9.31. The number of carbonyl (C=O) groups is 1. The molecule has 8 heteroatoms. The highest BCUT2D eigenvalue weighted by Gasteiger charge is 2.17. The average molecular weight is 417 g/mol. The van der Waals surface area contributed by atoms with Crippen molar-refractivity contribution in [3.8, 4) is 0 Å². The van der Waals surface area contributed by atoms with Crippen molar-refractivity contribution in [1.82, 2.24) is 9.62 Å². The molecule has 0 atom stereocenters. The predicted molar refractivity (Wildman–Crippen MR) is 116 cm³/mol. The maximum Gasteiger partial charge on any atom is 0.255 e. The first-order valence-electron chi connectivity index (χ1n) is 9.72. The van der Waals surface area contributed by atoms with Gasteiger partial charge in [0.2, 0.25) is 10.0 Å². The van der Waals surface area contributed by atoms with Gasteiger partial charge in [0.1, 0.15) is 0 Å². The van der Waals surface area contributed by atoms with Crippen LogP contribution in [0.1, 0.15) is 24.2 Å². The van der Waals surface area contributed by atoms with E-state index in [0.717, 1.165) is 31.9 Å². The molecule has 0 unspecified atom stereocenters. The third kappa shape index (κ3) is 5.56. The number of piperazine rings is 1. The summed E-state index contributed by atoms with van der Waals surface area (Å²) in [5.74, 6) is -0.280. The van der Waals surface area contributed by atoms with Gasteiger partial charge in [-0.1, -0.05) is 0 Å². The first kappa shape index (κ1) is 21.3. The molecule has 29 heavy (non-hydrogen) atoms. The lowest BCUT2D eigenvalue weighted by atomic mass is 10.2. The summed E-state index contributed by atoms with van der Waals surface area (Å²) in [6.07, 6.45) is 0. The number of nitrogens with zero attached hydrogens (tertiary/aromatic N) is 2. The van der Waals surface area contributed by atoms with Crippen molar-refractivity contribution in [2.45, 2.75) is 24.8 Å². The van der Waals surface area contributed by atoms with E-state index >= 15 is 0 Å². The second-order valence-electron chi connectivity index (χ2n) is 7.59. The standard InChI is InChI=1S/C21H28N4O3S/c1-16(2)23-29(27,28)20-10-4-17(5-11-20)21(26)22-18-6-8-19(9-7-18)25-14-12-24(3)13-15-25/h4-11,16,23H,12-15H2,1-3H3,(H,22,26). The quantitative estimate of drug-likeness (QED) is 0.756. The SMILES string of the molecule is CC(C)NS(=O)(=O)c1ccc(C(=O)Nc2ccc(N3CCN(C)CC3)cc2)cc1. The Kier molecular flexibility index (Phi) is 6.56. The minimum atomic E-state index is -3.57. The number of nitrogens with one attached hydrogen (secondary N) is 2. The van der Waals surface area contributed by atoms with E-state index in [1.54, 1.807) is 13.8 Å². The number of sulfonamides is 1. The smallest absolute Gasteiger partial charge is 0.255 e. The van der Waals surface area contributed by atoms with Gasteiger partial charge in [0.25, 0.3) is 5.91 Å². The van der Waals surface area contributed by atoms with Gasteiger partial charge in [-0.05, 0) is 69.4 Å². The molecule has 1 heterocycles. The molecule has 2 N–H and O–H groups in total. The maximum atomic E-state index is 12.5. The van der Waals surface area contributed by atoms with E-state index in [-0.39, 0.29) is 16.8 Å². The highest BCUT2D eigenvalue weighted by atomic mass is 32.2. The highest BCUT2D eigenvalue weighted by molar-refractivity contribution is 7.89. The van der Waals surface area contributed by atoms with Crippen LogP contribution in [-0.2, 0) is 10.0 Å². The molecule has 156 valence electrons. The predicted octanol–water partition coefficient (Wildman–Crippen LogP) is 2.38. The lowest BCUT2D eigenvalue weighted by Crippen LogP contribution is -2.44. The number of benzene rings is 2. The van der Waals surface area contributed by atoms with Crippen LogP contribution >= 0.6 is 0 Å². The molecule has 7 nitrogen and oxygen atoms in total. The number of anilines is 2. The fourth-order valence-electron chi connectivity index (χ4n) is 3.19. The van der Waals surface area contributed by atoms with Crippen molar-refractivity contribution >= 4 is 27.3 Å². The van der Waals surface area contributed by atoms with Crippen molar-refractivity contribution in [3.05, 3.63) is 54.1 Å². The number of likely N-dealkylation sites (N-methyl/N-ethyl adjacent to an activating group) is 1. The third-order valence-electron chi connectivity index (χ3n) is 4.81. The highest BCUT2D eigenvalue weighted by Crippen LogP contribution is 2.20. The van der Waals surface area contributed by atoms with E-state index in [0.29, 0.717) is 11.3 Å². The zero-order chi connectivity index (χ0) is 21.0. The van der Waals surface area contributed by atoms with Crippen molar-refractivity contribution < 1.29 is 13.2 Å². The summed E-state index contributed by atoms with van der Waals surface area (Å²) in [5.41, 5.74) is 2.24. The molecule has 0 spiro atoms. The van der Waals surface area contributed by atoms with E-state index in [1.807, 2.05) is 24.3 Å². The van der Waals surface area contributed by atoms with E-state index in [2.05, 4.69) is 26.9 Å². The van der Waals surface area contributed by atoms with Crippen LogP contribution in [-0.4, -0.2) is 58.5 Å². The monoisotopic (exact) mass is 416 g/mol. The summed E-state index contributed by atoms with van der Waals surface area (Å²) in [6.45, 7) is 7.57. The molecule has 0 saturated carbocycles. The molecular formula is C21H28N4O3S. The van der Waals surface area contributed by atoms with Gasteiger partial charge in [-0.15, -0.1) is 0 Å². The lowest BCUT2D eigenvalue weighted by Gasteiger charge is -2.34. The molecule has 3 rings (SSSR count). The summed E-state index contributed by atoms with van der Waals surface area (Å²) >= 11 is 0. The van der Waals surface area contributed by atoms with Crippen LogP contribution in [0.15, 0.2) is 53.4 Å². The molecule has 1 amide bonds. The first-order chi connectivity index (χ1) is 13.7. The van der Waals surface area contributed by atoms with Gasteiger partial charge >= 0.3 is 0 Å². The Hall–Kier alpha value is -2.42. The Morgan fingerprint density at radius 3 is 2.07 bits per heavy atom. The van der Waals surface area contributed by atoms with Crippen LogP contribution in [0.2, 0.25) is 0 Å². The van der Waals surface area contributed by atoms with E-state index in [1.165, 1.54) is 24.3 Å². The summed E-state index contributed by atoms with van der Waals surface area (Å²) in [5, 5.41) is 2.86. The number of hydrogen-bond donors (Lipinski definition) is 2. The Labute approximate surface area is 172 Å². The summed E-state index contributed by atoms with van der Waals surface area (Å²) in [4.78, 5) is 17.3. The largest absolute Gasteiger partial charge is 0.369 e. The number of rotatable bonds is 6. The Morgan fingerprint density at radius 2 is 1.52 bits per heavy atom. The summed E-state index contributed by atoms with van der Waals surface area (Å²) in [6, 6.07) is 13.5. The molecule has 1 fully saturated rings. The topological polar surface area (TPSA) is 81.7 Å². The van der Waals surface area contributed by atoms with Crippen LogP contribution in [0.5, 0.6) is 0 Å². The van der Waals surface area contributed by atoms with Crippen LogP contribution in [0.3, 0.4) is 0 Å². The third-order valence-corrected chi connectivity index (χ3v) is 6.49.